The summed E-state index contributed by atoms with van der Waals surface area (Å²) in [5, 5.41) is -0.753. The number of anilines is 1. The maximum Gasteiger partial charge on any atom is 0.247 e. The molecule has 0 radical (unpaired) electrons. The third kappa shape index (κ3) is 5.40. The highest BCUT2D eigenvalue weighted by atomic mass is 127. The number of rotatable bonds is 4. The summed E-state index contributed by atoms with van der Waals surface area (Å²) in [6.07, 6.45) is 0.849. The van der Waals surface area contributed by atoms with Gasteiger partial charge in [-0.25, -0.2) is 16.8 Å². The molecule has 0 aromatic heterocycles. The molecule has 0 bridgehead atoms. The molecule has 0 aliphatic rings. The number of hydrogen-bond donors (Lipinski definition) is 1. The Balaban J connectivity index is 2.99. The van der Waals surface area contributed by atoms with E-state index in [2.05, 4.69) is 4.72 Å². The first-order chi connectivity index (χ1) is 7.59. The number of hydrogen-bond acceptors (Lipinski definition) is 4. The average Bonchev–Trinajstić information content (AvgIpc) is 2.05. The van der Waals surface area contributed by atoms with Crippen molar-refractivity contribution in [3.8, 4) is 0 Å². The lowest BCUT2D eigenvalue weighted by Crippen LogP contribution is -2.22. The van der Waals surface area contributed by atoms with Gasteiger partial charge in [0.1, 0.15) is 0 Å². The maximum absolute atomic E-state index is 11.5. The van der Waals surface area contributed by atoms with E-state index < -0.39 is 24.9 Å². The molecule has 1 rings (SSSR count). The number of nitrogens with one attached hydrogen (secondary N) is 1. The highest BCUT2D eigenvalue weighted by Crippen LogP contribution is 2.24. The molecule has 1 aromatic carbocycles. The molecule has 0 aliphatic heterocycles. The first-order valence-electron chi connectivity index (χ1n) is 4.22. The van der Waals surface area contributed by atoms with Crippen molar-refractivity contribution in [2.24, 2.45) is 0 Å². The zero-order valence-corrected chi connectivity index (χ0v) is 13.2. The largest absolute Gasteiger partial charge is 0.281 e. The van der Waals surface area contributed by atoms with Crippen LogP contribution in [-0.4, -0.2) is 28.2 Å². The Morgan fingerprint density at radius 2 is 1.88 bits per heavy atom. The lowest BCUT2D eigenvalue weighted by molar-refractivity contribution is 0.595. The Morgan fingerprint density at radius 3 is 2.35 bits per heavy atom. The van der Waals surface area contributed by atoms with Crippen molar-refractivity contribution in [3.63, 3.8) is 0 Å². The number of sulfonamides is 1. The van der Waals surface area contributed by atoms with Gasteiger partial charge in [0.15, 0.2) is 14.9 Å². The second-order valence-electron chi connectivity index (χ2n) is 3.38. The van der Waals surface area contributed by atoms with Crippen molar-refractivity contribution in [2.45, 2.75) is 0 Å². The van der Waals surface area contributed by atoms with Crippen molar-refractivity contribution in [2.75, 3.05) is 16.1 Å². The fourth-order valence-corrected chi connectivity index (χ4v) is 5.01. The van der Waals surface area contributed by atoms with Crippen molar-refractivity contribution >= 4 is 59.7 Å². The zero-order valence-electron chi connectivity index (χ0n) is 8.64. The Hall–Kier alpha value is -0.0600. The summed E-state index contributed by atoms with van der Waals surface area (Å²) in [5.74, 6) is 0. The first kappa shape index (κ1) is 15.0. The van der Waals surface area contributed by atoms with Crippen LogP contribution in [-0.2, 0) is 19.9 Å². The highest BCUT2D eigenvalue weighted by molar-refractivity contribution is 14.1. The molecule has 96 valence electrons. The van der Waals surface area contributed by atoms with Crippen LogP contribution in [0.3, 0.4) is 0 Å². The predicted octanol–water partition coefficient (Wildman–Crippen LogP) is 1.69. The van der Waals surface area contributed by atoms with E-state index in [1.165, 1.54) is 6.07 Å². The summed E-state index contributed by atoms with van der Waals surface area (Å²) >= 11 is 7.85. The standard InChI is InChI=1S/C8H9ClINO4S2/c1-16(12,13)5-17(14,15)11-8-3-2-6(10)4-7(8)9/h2-4,11H,5H2,1H3. The van der Waals surface area contributed by atoms with Gasteiger partial charge >= 0.3 is 0 Å². The van der Waals surface area contributed by atoms with Gasteiger partial charge in [0.05, 0.1) is 10.7 Å². The van der Waals surface area contributed by atoms with Crippen molar-refractivity contribution in [1.82, 2.24) is 0 Å². The average molecular weight is 410 g/mol. The molecular formula is C8H9ClINO4S2. The summed E-state index contributed by atoms with van der Waals surface area (Å²) in [7, 11) is -7.57. The van der Waals surface area contributed by atoms with Gasteiger partial charge in [0.25, 0.3) is 0 Å². The van der Waals surface area contributed by atoms with E-state index in [0.717, 1.165) is 9.83 Å². The molecule has 0 unspecified atom stereocenters. The normalized spacial score (nSPS) is 12.4. The summed E-state index contributed by atoms with van der Waals surface area (Å²) in [6.45, 7) is 0. The minimum absolute atomic E-state index is 0.163. The van der Waals surface area contributed by atoms with Gasteiger partial charge in [-0.1, -0.05) is 11.6 Å². The van der Waals surface area contributed by atoms with Gasteiger partial charge in [-0.2, -0.15) is 0 Å². The third-order valence-corrected chi connectivity index (χ3v) is 6.03. The van der Waals surface area contributed by atoms with Gasteiger partial charge in [-0.05, 0) is 40.8 Å². The molecule has 0 saturated carbocycles. The highest BCUT2D eigenvalue weighted by Gasteiger charge is 2.19. The van der Waals surface area contributed by atoms with E-state index >= 15 is 0 Å². The molecule has 0 saturated heterocycles. The Kier molecular flexibility index (Phi) is 4.67. The minimum atomic E-state index is -3.95. The monoisotopic (exact) mass is 409 g/mol. The Labute approximate surface area is 119 Å². The van der Waals surface area contributed by atoms with Crippen LogP contribution in [0.15, 0.2) is 18.2 Å². The van der Waals surface area contributed by atoms with Crippen LogP contribution < -0.4 is 4.72 Å². The fraction of sp³-hybridized carbons (Fsp3) is 0.250. The summed E-state index contributed by atoms with van der Waals surface area (Å²) in [4.78, 5) is 0. The van der Waals surface area contributed by atoms with Gasteiger partial charge in [-0.3, -0.25) is 4.72 Å². The van der Waals surface area contributed by atoms with Gasteiger partial charge in [0.2, 0.25) is 10.0 Å². The maximum atomic E-state index is 11.5. The summed E-state index contributed by atoms with van der Waals surface area (Å²) in [5.41, 5.74) is 0.163. The summed E-state index contributed by atoms with van der Waals surface area (Å²) < 4.78 is 47.8. The minimum Gasteiger partial charge on any atom is -0.281 e. The molecule has 0 heterocycles. The van der Waals surface area contributed by atoms with E-state index in [-0.39, 0.29) is 10.7 Å². The Bertz CT molecular complexity index is 627. The smallest absolute Gasteiger partial charge is 0.247 e. The fourth-order valence-electron chi connectivity index (χ4n) is 1.05. The molecule has 0 aliphatic carbocycles. The topological polar surface area (TPSA) is 80.3 Å². The summed E-state index contributed by atoms with van der Waals surface area (Å²) in [6, 6.07) is 4.70. The molecule has 0 fully saturated rings. The molecule has 1 N–H and O–H groups in total. The number of sulfone groups is 1. The van der Waals surface area contributed by atoms with Crippen LogP contribution in [0.1, 0.15) is 0 Å². The molecule has 0 amide bonds. The SMILES string of the molecule is CS(=O)(=O)CS(=O)(=O)Nc1ccc(I)cc1Cl. The van der Waals surface area contributed by atoms with E-state index in [1.54, 1.807) is 12.1 Å². The van der Waals surface area contributed by atoms with E-state index in [9.17, 15) is 16.8 Å². The predicted molar refractivity (Wildman–Crippen MR) is 76.4 cm³/mol. The molecule has 5 nitrogen and oxygen atoms in total. The molecular weight excluding hydrogens is 401 g/mol. The Morgan fingerprint density at radius 1 is 1.29 bits per heavy atom. The van der Waals surface area contributed by atoms with Crippen LogP contribution in [0.5, 0.6) is 0 Å². The van der Waals surface area contributed by atoms with Gasteiger partial charge < -0.3 is 0 Å². The third-order valence-electron chi connectivity index (χ3n) is 1.57. The van der Waals surface area contributed by atoms with Crippen LogP contribution in [0.4, 0.5) is 5.69 Å². The van der Waals surface area contributed by atoms with Crippen LogP contribution in [0.2, 0.25) is 5.02 Å². The zero-order chi connectivity index (χ0) is 13.3. The van der Waals surface area contributed by atoms with E-state index in [1.807, 2.05) is 22.6 Å². The number of halogens is 2. The lowest BCUT2D eigenvalue weighted by Gasteiger charge is -2.08. The van der Waals surface area contributed by atoms with Crippen LogP contribution in [0.25, 0.3) is 0 Å². The molecule has 0 atom stereocenters. The lowest BCUT2D eigenvalue weighted by atomic mass is 10.3. The second-order valence-corrected chi connectivity index (χ2v) is 9.27. The molecule has 17 heavy (non-hydrogen) atoms. The second kappa shape index (κ2) is 5.29. The van der Waals surface area contributed by atoms with Crippen molar-refractivity contribution in [3.05, 3.63) is 26.8 Å². The molecule has 9 heteroatoms. The van der Waals surface area contributed by atoms with Gasteiger partial charge in [0, 0.05) is 9.83 Å². The quantitative estimate of drug-likeness (QED) is 0.768. The van der Waals surface area contributed by atoms with E-state index in [4.69, 9.17) is 11.6 Å². The first-order valence-corrected chi connectivity index (χ1v) is 9.39. The van der Waals surface area contributed by atoms with E-state index in [0.29, 0.717) is 0 Å². The van der Waals surface area contributed by atoms with Crippen molar-refractivity contribution in [1.29, 1.82) is 0 Å². The van der Waals surface area contributed by atoms with Crippen molar-refractivity contribution < 1.29 is 16.8 Å². The number of benzene rings is 1. The van der Waals surface area contributed by atoms with Crippen LogP contribution >= 0.6 is 34.2 Å². The van der Waals surface area contributed by atoms with Crippen LogP contribution in [0, 0.1) is 3.57 Å². The molecule has 1 aromatic rings. The van der Waals surface area contributed by atoms with Gasteiger partial charge in [-0.15, -0.1) is 0 Å². The molecule has 0 spiro atoms.